The molecular weight excluding hydrogens is 436 g/mol. The van der Waals surface area contributed by atoms with Crippen LogP contribution in [0.15, 0.2) is 52.5 Å². The Labute approximate surface area is 197 Å². The molecule has 5 rings (SSSR count). The van der Waals surface area contributed by atoms with Crippen LogP contribution in [-0.2, 0) is 30.7 Å². The van der Waals surface area contributed by atoms with Crippen molar-refractivity contribution in [1.29, 1.82) is 0 Å². The highest BCUT2D eigenvalue weighted by atomic mass is 32.1. The number of aromatic nitrogens is 1. The third-order valence-corrected chi connectivity index (χ3v) is 7.54. The van der Waals surface area contributed by atoms with Gasteiger partial charge in [0, 0.05) is 51.1 Å². The number of hydrogen-bond donors (Lipinski definition) is 0. The van der Waals surface area contributed by atoms with Crippen LogP contribution < -0.4 is 0 Å². The van der Waals surface area contributed by atoms with Gasteiger partial charge in [-0.1, -0.05) is 31.2 Å². The van der Waals surface area contributed by atoms with E-state index in [0.29, 0.717) is 26.1 Å². The highest BCUT2D eigenvalue weighted by Crippen LogP contribution is 2.27. The molecule has 0 radical (unpaired) electrons. The second kappa shape index (κ2) is 9.49. The Hall–Kier alpha value is -2.97. The molecule has 7 nitrogen and oxygen atoms in total. The summed E-state index contributed by atoms with van der Waals surface area (Å²) in [5.74, 6) is 0.0550. The van der Waals surface area contributed by atoms with Gasteiger partial charge in [-0.05, 0) is 29.7 Å². The second-order valence-electron chi connectivity index (χ2n) is 8.59. The van der Waals surface area contributed by atoms with Crippen LogP contribution in [0.2, 0.25) is 0 Å². The summed E-state index contributed by atoms with van der Waals surface area (Å²) in [4.78, 5) is 37.4. The van der Waals surface area contributed by atoms with Gasteiger partial charge < -0.3 is 14.2 Å². The van der Waals surface area contributed by atoms with Crippen LogP contribution in [0.5, 0.6) is 0 Å². The van der Waals surface area contributed by atoms with E-state index in [2.05, 4.69) is 28.3 Å². The first kappa shape index (κ1) is 21.9. The topological polar surface area (TPSA) is 69.9 Å². The van der Waals surface area contributed by atoms with Gasteiger partial charge in [0.25, 0.3) is 5.91 Å². The number of hydrogen-bond acceptors (Lipinski definition) is 6. The number of piperazine rings is 1. The predicted octanol–water partition coefficient (Wildman–Crippen LogP) is 3.21. The molecule has 1 atom stereocenters. The molecule has 33 heavy (non-hydrogen) atoms. The van der Waals surface area contributed by atoms with Crippen molar-refractivity contribution in [2.45, 2.75) is 38.9 Å². The summed E-state index contributed by atoms with van der Waals surface area (Å²) in [5, 5.41) is 3.30. The molecule has 1 aromatic carbocycles. The van der Waals surface area contributed by atoms with Crippen molar-refractivity contribution in [3.8, 4) is 0 Å². The van der Waals surface area contributed by atoms with Crippen LogP contribution in [0.25, 0.3) is 0 Å². The Kier molecular flexibility index (Phi) is 6.28. The number of rotatable bonds is 5. The minimum atomic E-state index is -0.519. The maximum Gasteiger partial charge on any atom is 0.290 e. The van der Waals surface area contributed by atoms with Gasteiger partial charge in [0.2, 0.25) is 5.91 Å². The first-order valence-electron chi connectivity index (χ1n) is 11.5. The highest BCUT2D eigenvalue weighted by Gasteiger charge is 2.38. The zero-order valence-corrected chi connectivity index (χ0v) is 19.6. The lowest BCUT2D eigenvalue weighted by Crippen LogP contribution is -2.57. The average Bonchev–Trinajstić information content (AvgIpc) is 3.55. The zero-order chi connectivity index (χ0) is 22.8. The van der Waals surface area contributed by atoms with E-state index >= 15 is 0 Å². The molecule has 0 bridgehead atoms. The fourth-order valence-corrected chi connectivity index (χ4v) is 5.38. The molecule has 0 aliphatic carbocycles. The van der Waals surface area contributed by atoms with Gasteiger partial charge in [0.15, 0.2) is 5.76 Å². The van der Waals surface area contributed by atoms with E-state index < -0.39 is 6.04 Å². The fourth-order valence-electron chi connectivity index (χ4n) is 4.65. The monoisotopic (exact) mass is 464 g/mol. The molecule has 172 valence electrons. The van der Waals surface area contributed by atoms with Gasteiger partial charge >= 0.3 is 0 Å². The minimum Gasteiger partial charge on any atom is -0.459 e. The smallest absolute Gasteiger partial charge is 0.290 e. The van der Waals surface area contributed by atoms with Crippen LogP contribution >= 0.6 is 11.3 Å². The molecule has 2 aromatic heterocycles. The standard InChI is InChI=1S/C25H28N4O3S/c1-2-23-26-20(17-33-23)16-27-9-11-28(12-10-27)24(30)21-14-18-6-3-4-7-19(18)15-29(21)25(31)22-8-5-13-32-22/h3-8,13,17,21H,2,9-12,14-16H2,1H3. The molecule has 8 heteroatoms. The summed E-state index contributed by atoms with van der Waals surface area (Å²) in [7, 11) is 0. The first-order valence-corrected chi connectivity index (χ1v) is 12.4. The van der Waals surface area contributed by atoms with E-state index in [0.717, 1.165) is 47.9 Å². The lowest BCUT2D eigenvalue weighted by atomic mass is 9.92. The van der Waals surface area contributed by atoms with Crippen LogP contribution in [0.4, 0.5) is 0 Å². The van der Waals surface area contributed by atoms with Crippen LogP contribution in [0, 0.1) is 0 Å². The molecule has 3 aromatic rings. The molecule has 0 N–H and O–H groups in total. The number of benzene rings is 1. The third-order valence-electron chi connectivity index (χ3n) is 6.50. The van der Waals surface area contributed by atoms with Crippen molar-refractivity contribution in [1.82, 2.24) is 19.7 Å². The van der Waals surface area contributed by atoms with E-state index in [9.17, 15) is 9.59 Å². The third kappa shape index (κ3) is 4.58. The molecular formula is C25H28N4O3S. The van der Waals surface area contributed by atoms with Gasteiger partial charge in [-0.15, -0.1) is 11.3 Å². The Morgan fingerprint density at radius 2 is 1.88 bits per heavy atom. The number of thiazole rings is 1. The molecule has 2 amide bonds. The molecule has 0 spiro atoms. The van der Waals surface area contributed by atoms with E-state index in [-0.39, 0.29) is 17.6 Å². The molecule has 2 aliphatic rings. The summed E-state index contributed by atoms with van der Waals surface area (Å²) >= 11 is 1.71. The van der Waals surface area contributed by atoms with Crippen molar-refractivity contribution in [2.24, 2.45) is 0 Å². The fraction of sp³-hybridized carbons (Fsp3) is 0.400. The van der Waals surface area contributed by atoms with Crippen molar-refractivity contribution < 1.29 is 14.0 Å². The van der Waals surface area contributed by atoms with Crippen LogP contribution in [0.3, 0.4) is 0 Å². The number of amides is 2. The number of carbonyl (C=O) groups is 2. The quantitative estimate of drug-likeness (QED) is 0.580. The minimum absolute atomic E-state index is 0.0194. The lowest BCUT2D eigenvalue weighted by molar-refractivity contribution is -0.138. The Balaban J connectivity index is 1.28. The molecule has 1 fully saturated rings. The van der Waals surface area contributed by atoms with Gasteiger partial charge in [-0.3, -0.25) is 14.5 Å². The van der Waals surface area contributed by atoms with Crippen molar-refractivity contribution in [3.63, 3.8) is 0 Å². The lowest BCUT2D eigenvalue weighted by Gasteiger charge is -2.41. The van der Waals surface area contributed by atoms with E-state index in [1.807, 2.05) is 23.1 Å². The van der Waals surface area contributed by atoms with Crippen molar-refractivity contribution >= 4 is 23.2 Å². The summed E-state index contributed by atoms with van der Waals surface area (Å²) in [6, 6.07) is 10.9. The summed E-state index contributed by atoms with van der Waals surface area (Å²) in [6.45, 7) is 6.28. The zero-order valence-electron chi connectivity index (χ0n) is 18.8. The van der Waals surface area contributed by atoms with E-state index in [4.69, 9.17) is 4.42 Å². The van der Waals surface area contributed by atoms with Gasteiger partial charge in [0.05, 0.1) is 17.0 Å². The van der Waals surface area contributed by atoms with Crippen molar-refractivity contribution in [2.75, 3.05) is 26.2 Å². The number of carbonyl (C=O) groups excluding carboxylic acids is 2. The summed E-state index contributed by atoms with van der Waals surface area (Å²) < 4.78 is 5.36. The summed E-state index contributed by atoms with van der Waals surface area (Å²) in [5.41, 5.74) is 3.32. The Morgan fingerprint density at radius 3 is 2.58 bits per heavy atom. The number of furan rings is 1. The van der Waals surface area contributed by atoms with Gasteiger partial charge in [-0.2, -0.15) is 0 Å². The van der Waals surface area contributed by atoms with Gasteiger partial charge in [0.1, 0.15) is 6.04 Å². The van der Waals surface area contributed by atoms with Gasteiger partial charge in [-0.25, -0.2) is 4.98 Å². The molecule has 0 saturated carbocycles. The molecule has 1 unspecified atom stereocenters. The average molecular weight is 465 g/mol. The van der Waals surface area contributed by atoms with E-state index in [1.165, 1.54) is 6.26 Å². The number of nitrogens with zero attached hydrogens (tertiary/aromatic N) is 4. The maximum absolute atomic E-state index is 13.6. The normalized spacial score (nSPS) is 18.9. The largest absolute Gasteiger partial charge is 0.459 e. The highest BCUT2D eigenvalue weighted by molar-refractivity contribution is 7.09. The van der Waals surface area contributed by atoms with E-state index in [1.54, 1.807) is 28.4 Å². The van der Waals surface area contributed by atoms with Crippen LogP contribution in [-0.4, -0.2) is 63.7 Å². The second-order valence-corrected chi connectivity index (χ2v) is 9.53. The molecule has 2 aliphatic heterocycles. The predicted molar refractivity (Wildman–Crippen MR) is 126 cm³/mol. The maximum atomic E-state index is 13.6. The Bertz CT molecular complexity index is 1120. The number of fused-ring (bicyclic) bond motifs is 1. The molecule has 4 heterocycles. The molecule has 1 saturated heterocycles. The first-order chi connectivity index (χ1) is 16.1. The SMILES string of the molecule is CCc1nc(CN2CCN(C(=O)C3Cc4ccccc4CN3C(=O)c3ccco3)CC2)cs1. The van der Waals surface area contributed by atoms with Crippen molar-refractivity contribution in [3.05, 3.63) is 75.6 Å². The Morgan fingerprint density at radius 1 is 1.09 bits per heavy atom. The summed E-state index contributed by atoms with van der Waals surface area (Å²) in [6.07, 6.45) is 2.98. The number of aryl methyl sites for hydroxylation is 1. The van der Waals surface area contributed by atoms with Crippen LogP contribution in [0.1, 0.15) is 39.3 Å².